The van der Waals surface area contributed by atoms with Crippen LogP contribution in [-0.2, 0) is 0 Å². The average Bonchev–Trinajstić information content (AvgIpc) is 3.12. The van der Waals surface area contributed by atoms with Crippen molar-refractivity contribution in [1.82, 2.24) is 9.55 Å². The smallest absolute Gasteiger partial charge is 0.207 e. The Morgan fingerprint density at radius 1 is 1.25 bits per heavy atom. The van der Waals surface area contributed by atoms with Crippen molar-refractivity contribution in [2.75, 3.05) is 11.9 Å². The first-order valence-corrected chi connectivity index (χ1v) is 7.40. The van der Waals surface area contributed by atoms with E-state index in [0.29, 0.717) is 12.6 Å². The molecule has 2 aromatic rings. The van der Waals surface area contributed by atoms with Crippen LogP contribution in [0.3, 0.4) is 0 Å². The van der Waals surface area contributed by atoms with Crippen molar-refractivity contribution in [1.29, 1.82) is 0 Å². The van der Waals surface area contributed by atoms with Crippen molar-refractivity contribution in [3.8, 4) is 11.4 Å². The second kappa shape index (κ2) is 5.99. The van der Waals surface area contributed by atoms with E-state index in [1.165, 1.54) is 25.7 Å². The van der Waals surface area contributed by atoms with Crippen LogP contribution in [0.25, 0.3) is 5.69 Å². The summed E-state index contributed by atoms with van der Waals surface area (Å²) in [7, 11) is 0. The number of benzene rings is 1. The molecule has 0 amide bonds. The van der Waals surface area contributed by atoms with E-state index >= 15 is 0 Å². The maximum Gasteiger partial charge on any atom is 0.207 e. The van der Waals surface area contributed by atoms with E-state index in [-0.39, 0.29) is 0 Å². The molecule has 20 heavy (non-hydrogen) atoms. The Morgan fingerprint density at radius 2 is 2.00 bits per heavy atom. The van der Waals surface area contributed by atoms with Gasteiger partial charge in [-0.25, -0.2) is 4.98 Å². The van der Waals surface area contributed by atoms with Gasteiger partial charge in [-0.05, 0) is 44.0 Å². The quantitative estimate of drug-likeness (QED) is 0.902. The van der Waals surface area contributed by atoms with Crippen molar-refractivity contribution in [2.24, 2.45) is 0 Å². The summed E-state index contributed by atoms with van der Waals surface area (Å²) in [6, 6.07) is 8.69. The zero-order chi connectivity index (χ0) is 13.8. The van der Waals surface area contributed by atoms with Gasteiger partial charge in [0.15, 0.2) is 0 Å². The van der Waals surface area contributed by atoms with Crippen LogP contribution in [0.1, 0.15) is 32.6 Å². The molecule has 106 valence electrons. The lowest BCUT2D eigenvalue weighted by Gasteiger charge is -2.15. The third-order valence-corrected chi connectivity index (χ3v) is 3.76. The lowest BCUT2D eigenvalue weighted by atomic mass is 10.2. The minimum Gasteiger partial charge on any atom is -0.494 e. The number of hydrogen-bond acceptors (Lipinski definition) is 3. The largest absolute Gasteiger partial charge is 0.494 e. The zero-order valence-corrected chi connectivity index (χ0v) is 11.9. The van der Waals surface area contributed by atoms with Gasteiger partial charge in [0, 0.05) is 24.1 Å². The molecule has 1 aliphatic rings. The highest BCUT2D eigenvalue weighted by Gasteiger charge is 2.16. The minimum atomic E-state index is 0.568. The predicted molar refractivity (Wildman–Crippen MR) is 80.6 cm³/mol. The Balaban J connectivity index is 1.77. The lowest BCUT2D eigenvalue weighted by molar-refractivity contribution is 0.340. The van der Waals surface area contributed by atoms with Gasteiger partial charge in [0.1, 0.15) is 5.75 Å². The van der Waals surface area contributed by atoms with Crippen LogP contribution in [0, 0.1) is 0 Å². The summed E-state index contributed by atoms with van der Waals surface area (Å²) in [4.78, 5) is 4.44. The number of rotatable bonds is 5. The molecule has 1 aromatic carbocycles. The molecular formula is C16H21N3O. The Hall–Kier alpha value is -1.97. The molecule has 1 saturated carbocycles. The van der Waals surface area contributed by atoms with Gasteiger partial charge in [0.05, 0.1) is 6.61 Å². The summed E-state index contributed by atoms with van der Waals surface area (Å²) < 4.78 is 7.57. The van der Waals surface area contributed by atoms with E-state index in [2.05, 4.69) is 27.0 Å². The fourth-order valence-corrected chi connectivity index (χ4v) is 2.74. The average molecular weight is 271 g/mol. The lowest BCUT2D eigenvalue weighted by Crippen LogP contribution is -2.17. The zero-order valence-electron chi connectivity index (χ0n) is 11.9. The van der Waals surface area contributed by atoms with E-state index in [9.17, 15) is 0 Å². The third kappa shape index (κ3) is 2.79. The van der Waals surface area contributed by atoms with Gasteiger partial charge in [-0.2, -0.15) is 0 Å². The highest BCUT2D eigenvalue weighted by Crippen LogP contribution is 2.24. The normalized spacial score (nSPS) is 15.4. The van der Waals surface area contributed by atoms with E-state index < -0.39 is 0 Å². The third-order valence-electron chi connectivity index (χ3n) is 3.76. The van der Waals surface area contributed by atoms with E-state index in [0.717, 1.165) is 17.4 Å². The van der Waals surface area contributed by atoms with Crippen LogP contribution in [-0.4, -0.2) is 22.2 Å². The number of ether oxygens (including phenoxy) is 1. The van der Waals surface area contributed by atoms with Crippen molar-refractivity contribution >= 4 is 5.95 Å². The van der Waals surface area contributed by atoms with E-state index in [1.807, 2.05) is 31.5 Å². The van der Waals surface area contributed by atoms with Crippen molar-refractivity contribution in [3.63, 3.8) is 0 Å². The van der Waals surface area contributed by atoms with Crippen LogP contribution in [0.5, 0.6) is 5.75 Å². The Labute approximate surface area is 119 Å². The van der Waals surface area contributed by atoms with Gasteiger partial charge >= 0.3 is 0 Å². The van der Waals surface area contributed by atoms with Gasteiger partial charge in [-0.15, -0.1) is 0 Å². The Morgan fingerprint density at radius 3 is 2.70 bits per heavy atom. The van der Waals surface area contributed by atoms with Gasteiger partial charge in [0.2, 0.25) is 5.95 Å². The summed E-state index contributed by atoms with van der Waals surface area (Å²) in [5.74, 6) is 1.84. The summed E-state index contributed by atoms with van der Waals surface area (Å²) in [5.41, 5.74) is 1.10. The molecule has 1 fully saturated rings. The van der Waals surface area contributed by atoms with Crippen LogP contribution >= 0.6 is 0 Å². The van der Waals surface area contributed by atoms with Crippen LogP contribution in [0.15, 0.2) is 36.7 Å². The highest BCUT2D eigenvalue weighted by molar-refractivity contribution is 5.44. The summed E-state index contributed by atoms with van der Waals surface area (Å²) in [6.45, 7) is 2.69. The molecule has 0 atom stereocenters. The van der Waals surface area contributed by atoms with Gasteiger partial charge in [0.25, 0.3) is 0 Å². The Bertz CT molecular complexity index is 541. The summed E-state index contributed by atoms with van der Waals surface area (Å²) >= 11 is 0. The predicted octanol–water partition coefficient (Wildman–Crippen LogP) is 3.63. The first-order chi connectivity index (χ1) is 9.86. The van der Waals surface area contributed by atoms with Crippen molar-refractivity contribution in [2.45, 2.75) is 38.6 Å². The highest BCUT2D eigenvalue weighted by atomic mass is 16.5. The molecular weight excluding hydrogens is 250 g/mol. The molecule has 4 heteroatoms. The molecule has 0 saturated heterocycles. The number of hydrogen-bond donors (Lipinski definition) is 1. The first-order valence-electron chi connectivity index (χ1n) is 7.40. The molecule has 0 unspecified atom stereocenters. The fourth-order valence-electron chi connectivity index (χ4n) is 2.74. The van der Waals surface area contributed by atoms with Crippen molar-refractivity contribution in [3.05, 3.63) is 36.7 Å². The van der Waals surface area contributed by atoms with Crippen molar-refractivity contribution < 1.29 is 4.74 Å². The number of aromatic nitrogens is 2. The summed E-state index contributed by atoms with van der Waals surface area (Å²) in [5, 5.41) is 3.55. The van der Waals surface area contributed by atoms with E-state index in [1.54, 1.807) is 0 Å². The monoisotopic (exact) mass is 271 g/mol. The molecule has 0 aliphatic heterocycles. The minimum absolute atomic E-state index is 0.568. The molecule has 4 nitrogen and oxygen atoms in total. The topological polar surface area (TPSA) is 39.1 Å². The first kappa shape index (κ1) is 13.0. The summed E-state index contributed by atoms with van der Waals surface area (Å²) in [6.07, 6.45) is 8.97. The Kier molecular flexibility index (Phi) is 3.90. The maximum absolute atomic E-state index is 5.48. The van der Waals surface area contributed by atoms with Crippen LogP contribution in [0.4, 0.5) is 5.95 Å². The van der Waals surface area contributed by atoms with Gasteiger partial charge in [-0.3, -0.25) is 4.57 Å². The van der Waals surface area contributed by atoms with Crippen LogP contribution < -0.4 is 10.1 Å². The van der Waals surface area contributed by atoms with Gasteiger partial charge < -0.3 is 10.1 Å². The number of anilines is 1. The van der Waals surface area contributed by atoms with Gasteiger partial charge in [-0.1, -0.05) is 12.8 Å². The van der Waals surface area contributed by atoms with E-state index in [4.69, 9.17) is 4.74 Å². The SMILES string of the molecule is CCOc1ccc(-n2ccnc2NC2CCCC2)cc1. The molecule has 0 bridgehead atoms. The molecule has 3 rings (SSSR count). The second-order valence-corrected chi connectivity index (χ2v) is 5.17. The molecule has 0 radical (unpaired) electrons. The second-order valence-electron chi connectivity index (χ2n) is 5.17. The molecule has 1 aromatic heterocycles. The maximum atomic E-state index is 5.48. The van der Waals surface area contributed by atoms with Crippen LogP contribution in [0.2, 0.25) is 0 Å². The molecule has 0 spiro atoms. The molecule has 1 heterocycles. The number of nitrogens with one attached hydrogen (secondary N) is 1. The number of imidazole rings is 1. The standard InChI is InChI=1S/C16H21N3O/c1-2-20-15-9-7-14(8-10-15)19-12-11-17-16(19)18-13-5-3-4-6-13/h7-13H,2-6H2,1H3,(H,17,18). The number of nitrogens with zero attached hydrogens (tertiary/aromatic N) is 2. The molecule has 1 N–H and O–H groups in total. The fraction of sp³-hybridized carbons (Fsp3) is 0.438. The molecule has 1 aliphatic carbocycles.